The molecule has 1 atom stereocenters. The molecule has 6 nitrogen and oxygen atoms in total. The Kier molecular flexibility index (Phi) is 4.77. The molecule has 0 spiro atoms. The zero-order valence-electron chi connectivity index (χ0n) is 14.0. The van der Waals surface area contributed by atoms with Gasteiger partial charge in [-0.2, -0.15) is 5.26 Å². The third kappa shape index (κ3) is 3.66. The average molecular weight is 359 g/mol. The molecule has 0 unspecified atom stereocenters. The van der Waals surface area contributed by atoms with Gasteiger partial charge in [0.15, 0.2) is 11.0 Å². The molecule has 0 bridgehead atoms. The maximum Gasteiger partial charge on any atom is 0.231 e. The van der Waals surface area contributed by atoms with Crippen molar-refractivity contribution in [1.82, 2.24) is 20.1 Å². The predicted molar refractivity (Wildman–Crippen MR) is 92.0 cm³/mol. The number of nitrogens with one attached hydrogen (secondary N) is 1. The van der Waals surface area contributed by atoms with Crippen molar-refractivity contribution in [1.29, 1.82) is 5.26 Å². The number of amides is 1. The van der Waals surface area contributed by atoms with E-state index in [1.165, 1.54) is 17.8 Å². The van der Waals surface area contributed by atoms with E-state index in [1.54, 1.807) is 36.7 Å². The smallest absolute Gasteiger partial charge is 0.231 e. The first-order valence-electron chi connectivity index (χ1n) is 7.94. The van der Waals surface area contributed by atoms with Crippen LogP contribution in [0.2, 0.25) is 0 Å². The Labute approximate surface area is 149 Å². The standard InChI is InChI=1S/C17H18FN5OS/c1-17(10-19,11-7-8-11)20-14(24)9-25-16-22-21-15(23(16)2)12-5-3-4-6-13(12)18/h3-6,11H,7-9H2,1-2H3,(H,20,24)/t17-/m1/s1. The first kappa shape index (κ1) is 17.4. The maximum atomic E-state index is 13.9. The lowest BCUT2D eigenvalue weighted by Gasteiger charge is -2.22. The number of thioether (sulfide) groups is 1. The van der Waals surface area contributed by atoms with E-state index < -0.39 is 5.54 Å². The number of nitriles is 1. The van der Waals surface area contributed by atoms with E-state index >= 15 is 0 Å². The SMILES string of the molecule is Cn1c(SCC(=O)N[C@](C)(C#N)C2CC2)nnc1-c1ccccc1F. The summed E-state index contributed by atoms with van der Waals surface area (Å²) in [7, 11) is 1.73. The second-order valence-electron chi connectivity index (χ2n) is 6.27. The Bertz CT molecular complexity index is 842. The van der Waals surface area contributed by atoms with E-state index in [9.17, 15) is 14.4 Å². The lowest BCUT2D eigenvalue weighted by atomic mass is 9.98. The van der Waals surface area contributed by atoms with E-state index in [0.29, 0.717) is 16.5 Å². The van der Waals surface area contributed by atoms with Crippen molar-refractivity contribution >= 4 is 17.7 Å². The minimum Gasteiger partial charge on any atom is -0.337 e. The Balaban J connectivity index is 1.66. The second kappa shape index (κ2) is 6.84. The van der Waals surface area contributed by atoms with Gasteiger partial charge in [0.1, 0.15) is 11.4 Å². The number of halogens is 1. The molecule has 1 N–H and O–H groups in total. The van der Waals surface area contributed by atoms with Crippen LogP contribution in [0.15, 0.2) is 29.4 Å². The molecule has 1 amide bonds. The molecule has 25 heavy (non-hydrogen) atoms. The van der Waals surface area contributed by atoms with Crippen LogP contribution in [0.25, 0.3) is 11.4 Å². The molecule has 130 valence electrons. The van der Waals surface area contributed by atoms with Crippen LogP contribution in [-0.4, -0.2) is 32.0 Å². The van der Waals surface area contributed by atoms with Gasteiger partial charge in [0.05, 0.1) is 17.4 Å². The Morgan fingerprint density at radius 2 is 2.20 bits per heavy atom. The molecule has 1 fully saturated rings. The van der Waals surface area contributed by atoms with E-state index in [2.05, 4.69) is 21.6 Å². The molecule has 1 aromatic carbocycles. The van der Waals surface area contributed by atoms with Crippen molar-refractivity contribution in [3.8, 4) is 17.5 Å². The number of benzene rings is 1. The molecule has 1 aliphatic rings. The maximum absolute atomic E-state index is 13.9. The third-order valence-corrected chi connectivity index (χ3v) is 5.33. The first-order valence-corrected chi connectivity index (χ1v) is 8.92. The van der Waals surface area contributed by atoms with Gasteiger partial charge in [-0.15, -0.1) is 10.2 Å². The minimum absolute atomic E-state index is 0.118. The highest BCUT2D eigenvalue weighted by molar-refractivity contribution is 7.99. The monoisotopic (exact) mass is 359 g/mol. The van der Waals surface area contributed by atoms with Crippen LogP contribution in [0.5, 0.6) is 0 Å². The molecule has 0 saturated heterocycles. The minimum atomic E-state index is -0.810. The van der Waals surface area contributed by atoms with Crippen molar-refractivity contribution in [3.63, 3.8) is 0 Å². The number of nitrogens with zero attached hydrogens (tertiary/aromatic N) is 4. The van der Waals surface area contributed by atoms with Crippen molar-refractivity contribution in [3.05, 3.63) is 30.1 Å². The van der Waals surface area contributed by atoms with Gasteiger partial charge in [0, 0.05) is 7.05 Å². The summed E-state index contributed by atoms with van der Waals surface area (Å²) in [5.41, 5.74) is -0.449. The second-order valence-corrected chi connectivity index (χ2v) is 7.21. The van der Waals surface area contributed by atoms with E-state index in [4.69, 9.17) is 0 Å². The van der Waals surface area contributed by atoms with Crippen LogP contribution in [0.1, 0.15) is 19.8 Å². The van der Waals surface area contributed by atoms with Crippen LogP contribution in [0.3, 0.4) is 0 Å². The number of hydrogen-bond acceptors (Lipinski definition) is 5. The van der Waals surface area contributed by atoms with Gasteiger partial charge in [-0.05, 0) is 37.8 Å². The summed E-state index contributed by atoms with van der Waals surface area (Å²) in [6, 6.07) is 8.54. The van der Waals surface area contributed by atoms with Gasteiger partial charge in [-0.1, -0.05) is 23.9 Å². The molecular formula is C17H18FN5OS. The molecule has 0 radical (unpaired) electrons. The summed E-state index contributed by atoms with van der Waals surface area (Å²) in [6.07, 6.45) is 1.93. The van der Waals surface area contributed by atoms with Crippen LogP contribution < -0.4 is 5.32 Å². The topological polar surface area (TPSA) is 83.6 Å². The highest BCUT2D eigenvalue weighted by Gasteiger charge is 2.42. The molecular weight excluding hydrogens is 341 g/mol. The zero-order chi connectivity index (χ0) is 18.0. The molecule has 3 rings (SSSR count). The number of carbonyl (C=O) groups excluding carboxylic acids is 1. The highest BCUT2D eigenvalue weighted by atomic mass is 32.2. The third-order valence-electron chi connectivity index (χ3n) is 4.31. The van der Waals surface area contributed by atoms with Crippen molar-refractivity contribution in [2.24, 2.45) is 13.0 Å². The summed E-state index contributed by atoms with van der Waals surface area (Å²) in [6.45, 7) is 1.76. The van der Waals surface area contributed by atoms with Crippen LogP contribution in [-0.2, 0) is 11.8 Å². The van der Waals surface area contributed by atoms with Crippen LogP contribution >= 0.6 is 11.8 Å². The lowest BCUT2D eigenvalue weighted by molar-refractivity contribution is -0.119. The van der Waals surface area contributed by atoms with Crippen molar-refractivity contribution < 1.29 is 9.18 Å². The largest absolute Gasteiger partial charge is 0.337 e. The number of aromatic nitrogens is 3. The highest BCUT2D eigenvalue weighted by Crippen LogP contribution is 2.39. The van der Waals surface area contributed by atoms with Crippen molar-refractivity contribution in [2.75, 3.05) is 5.75 Å². The predicted octanol–water partition coefficient (Wildman–Crippen LogP) is 2.52. The van der Waals surface area contributed by atoms with E-state index in [-0.39, 0.29) is 23.4 Å². The summed E-state index contributed by atoms with van der Waals surface area (Å²) in [5, 5.41) is 20.7. The fraction of sp³-hybridized carbons (Fsp3) is 0.412. The fourth-order valence-electron chi connectivity index (χ4n) is 2.66. The van der Waals surface area contributed by atoms with Crippen LogP contribution in [0.4, 0.5) is 4.39 Å². The van der Waals surface area contributed by atoms with Gasteiger partial charge in [0.25, 0.3) is 0 Å². The van der Waals surface area contributed by atoms with Gasteiger partial charge < -0.3 is 9.88 Å². The van der Waals surface area contributed by atoms with Gasteiger partial charge >= 0.3 is 0 Å². The molecule has 2 aromatic rings. The summed E-state index contributed by atoms with van der Waals surface area (Å²) in [4.78, 5) is 12.2. The molecule has 0 aliphatic heterocycles. The van der Waals surface area contributed by atoms with E-state index in [1.807, 2.05) is 0 Å². The number of rotatable bonds is 6. The Hall–Kier alpha value is -2.40. The van der Waals surface area contributed by atoms with Gasteiger partial charge in [-0.3, -0.25) is 4.79 Å². The lowest BCUT2D eigenvalue weighted by Crippen LogP contribution is -2.47. The summed E-state index contributed by atoms with van der Waals surface area (Å²) < 4.78 is 15.6. The Morgan fingerprint density at radius 3 is 2.84 bits per heavy atom. The van der Waals surface area contributed by atoms with Crippen LogP contribution in [0, 0.1) is 23.1 Å². The molecule has 1 aliphatic carbocycles. The number of carbonyl (C=O) groups is 1. The Morgan fingerprint density at radius 1 is 1.48 bits per heavy atom. The average Bonchev–Trinajstić information content (AvgIpc) is 3.39. The summed E-state index contributed by atoms with van der Waals surface area (Å²) in [5.74, 6) is 0.153. The molecule has 1 saturated carbocycles. The van der Waals surface area contributed by atoms with Crippen molar-refractivity contribution in [2.45, 2.75) is 30.5 Å². The zero-order valence-corrected chi connectivity index (χ0v) is 14.8. The normalized spacial score (nSPS) is 16.1. The van der Waals surface area contributed by atoms with Gasteiger partial charge in [-0.25, -0.2) is 4.39 Å². The fourth-order valence-corrected chi connectivity index (χ4v) is 3.37. The first-order chi connectivity index (χ1) is 11.9. The molecule has 8 heteroatoms. The number of hydrogen-bond donors (Lipinski definition) is 1. The quantitative estimate of drug-likeness (QED) is 0.801. The molecule has 1 heterocycles. The van der Waals surface area contributed by atoms with E-state index in [0.717, 1.165) is 12.8 Å². The molecule has 1 aromatic heterocycles. The van der Waals surface area contributed by atoms with Gasteiger partial charge in [0.2, 0.25) is 5.91 Å². The summed E-state index contributed by atoms with van der Waals surface area (Å²) >= 11 is 1.21.